The van der Waals surface area contributed by atoms with Crippen LogP contribution in [0.25, 0.3) is 0 Å². The molecule has 0 atom stereocenters. The van der Waals surface area contributed by atoms with Crippen molar-refractivity contribution >= 4 is 0 Å². The summed E-state index contributed by atoms with van der Waals surface area (Å²) >= 11 is 0. The molecule has 0 unspecified atom stereocenters. The van der Waals surface area contributed by atoms with Gasteiger partial charge in [-0.2, -0.15) is 5.10 Å². The second-order valence-electron chi connectivity index (χ2n) is 5.37. The van der Waals surface area contributed by atoms with Crippen LogP contribution < -0.4 is 5.73 Å². The molecule has 0 amide bonds. The minimum Gasteiger partial charge on any atom is -0.381 e. The van der Waals surface area contributed by atoms with Crippen LogP contribution in [-0.2, 0) is 11.2 Å². The number of aromatic nitrogens is 2. The van der Waals surface area contributed by atoms with E-state index in [0.717, 1.165) is 44.7 Å². The van der Waals surface area contributed by atoms with E-state index in [1.807, 2.05) is 4.68 Å². The van der Waals surface area contributed by atoms with Crippen molar-refractivity contribution in [1.82, 2.24) is 9.78 Å². The van der Waals surface area contributed by atoms with Crippen molar-refractivity contribution in [1.29, 1.82) is 0 Å². The van der Waals surface area contributed by atoms with E-state index >= 15 is 0 Å². The summed E-state index contributed by atoms with van der Waals surface area (Å²) in [4.78, 5) is 0. The molecule has 1 saturated heterocycles. The quantitative estimate of drug-likeness (QED) is 0.868. The van der Waals surface area contributed by atoms with E-state index in [4.69, 9.17) is 10.5 Å². The highest BCUT2D eigenvalue weighted by Gasteiger charge is 2.32. The summed E-state index contributed by atoms with van der Waals surface area (Å²) in [6.07, 6.45) is 5.15. The Hall–Kier alpha value is -0.870. The van der Waals surface area contributed by atoms with Crippen molar-refractivity contribution in [2.45, 2.75) is 39.2 Å². The predicted molar refractivity (Wildman–Crippen MR) is 67.9 cm³/mol. The standard InChI is InChI=1S/C13H23N3O/c1-11(2)16-6-3-12(15-16)9-13(10-14)4-7-17-8-5-13/h3,6,11H,4-5,7-10,14H2,1-2H3. The van der Waals surface area contributed by atoms with Crippen molar-refractivity contribution in [3.8, 4) is 0 Å². The molecule has 1 fully saturated rings. The first-order chi connectivity index (χ1) is 8.15. The van der Waals surface area contributed by atoms with Gasteiger partial charge in [0.25, 0.3) is 0 Å². The third-order valence-corrected chi connectivity index (χ3v) is 3.74. The average molecular weight is 237 g/mol. The Morgan fingerprint density at radius 1 is 1.47 bits per heavy atom. The summed E-state index contributed by atoms with van der Waals surface area (Å²) in [7, 11) is 0. The lowest BCUT2D eigenvalue weighted by Gasteiger charge is -2.35. The molecule has 4 heteroatoms. The van der Waals surface area contributed by atoms with Gasteiger partial charge in [-0.05, 0) is 51.1 Å². The summed E-state index contributed by atoms with van der Waals surface area (Å²) in [5, 5.41) is 4.62. The fourth-order valence-corrected chi connectivity index (χ4v) is 2.40. The van der Waals surface area contributed by atoms with Crippen LogP contribution >= 0.6 is 0 Å². The van der Waals surface area contributed by atoms with Crippen LogP contribution in [0.5, 0.6) is 0 Å². The minimum absolute atomic E-state index is 0.203. The molecule has 0 saturated carbocycles. The number of nitrogens with zero attached hydrogens (tertiary/aromatic N) is 2. The lowest BCUT2D eigenvalue weighted by atomic mass is 9.76. The molecule has 1 aromatic rings. The number of rotatable bonds is 4. The lowest BCUT2D eigenvalue weighted by Crippen LogP contribution is -2.38. The summed E-state index contributed by atoms with van der Waals surface area (Å²) in [6.45, 7) is 6.68. The van der Waals surface area contributed by atoms with Gasteiger partial charge < -0.3 is 10.5 Å². The molecule has 1 aliphatic rings. The van der Waals surface area contributed by atoms with E-state index in [1.165, 1.54) is 0 Å². The molecule has 0 aromatic carbocycles. The molecule has 2 heterocycles. The van der Waals surface area contributed by atoms with Crippen molar-refractivity contribution in [2.75, 3.05) is 19.8 Å². The maximum absolute atomic E-state index is 5.96. The molecule has 17 heavy (non-hydrogen) atoms. The highest BCUT2D eigenvalue weighted by atomic mass is 16.5. The first kappa shape index (κ1) is 12.6. The third kappa shape index (κ3) is 2.87. The molecular formula is C13H23N3O. The fraction of sp³-hybridized carbons (Fsp3) is 0.769. The first-order valence-electron chi connectivity index (χ1n) is 6.47. The Morgan fingerprint density at radius 2 is 2.18 bits per heavy atom. The van der Waals surface area contributed by atoms with Crippen LogP contribution in [0.2, 0.25) is 0 Å². The zero-order valence-corrected chi connectivity index (χ0v) is 10.9. The summed E-state index contributed by atoms with van der Waals surface area (Å²) in [6, 6.07) is 2.54. The van der Waals surface area contributed by atoms with Crippen LogP contribution in [0.15, 0.2) is 12.3 Å². The SMILES string of the molecule is CC(C)n1ccc(CC2(CN)CCOCC2)n1. The van der Waals surface area contributed by atoms with E-state index in [1.54, 1.807) is 0 Å². The van der Waals surface area contributed by atoms with Gasteiger partial charge in [0.05, 0.1) is 5.69 Å². The van der Waals surface area contributed by atoms with E-state index < -0.39 is 0 Å². The monoisotopic (exact) mass is 237 g/mol. The Kier molecular flexibility index (Phi) is 3.84. The van der Waals surface area contributed by atoms with Gasteiger partial charge >= 0.3 is 0 Å². The maximum atomic E-state index is 5.96. The summed E-state index contributed by atoms with van der Waals surface area (Å²) in [5.74, 6) is 0. The highest BCUT2D eigenvalue weighted by Crippen LogP contribution is 2.32. The van der Waals surface area contributed by atoms with E-state index in [0.29, 0.717) is 6.04 Å². The van der Waals surface area contributed by atoms with Gasteiger partial charge in [0, 0.05) is 25.5 Å². The Labute approximate surface area is 103 Å². The van der Waals surface area contributed by atoms with Crippen LogP contribution in [0.3, 0.4) is 0 Å². The number of ether oxygens (including phenoxy) is 1. The van der Waals surface area contributed by atoms with Crippen molar-refractivity contribution in [3.05, 3.63) is 18.0 Å². The van der Waals surface area contributed by atoms with Crippen LogP contribution in [-0.4, -0.2) is 29.5 Å². The Balaban J connectivity index is 2.06. The topological polar surface area (TPSA) is 53.1 Å². The summed E-state index contributed by atoms with van der Waals surface area (Å²) < 4.78 is 7.44. The van der Waals surface area contributed by atoms with Crippen molar-refractivity contribution in [2.24, 2.45) is 11.1 Å². The van der Waals surface area contributed by atoms with Gasteiger partial charge in [-0.25, -0.2) is 0 Å². The van der Waals surface area contributed by atoms with Gasteiger partial charge in [-0.1, -0.05) is 0 Å². The number of hydrogen-bond donors (Lipinski definition) is 1. The van der Waals surface area contributed by atoms with Gasteiger partial charge in [0.1, 0.15) is 0 Å². The van der Waals surface area contributed by atoms with Gasteiger partial charge in [0.2, 0.25) is 0 Å². The molecule has 0 spiro atoms. The van der Waals surface area contributed by atoms with Gasteiger partial charge in [-0.15, -0.1) is 0 Å². The van der Waals surface area contributed by atoms with E-state index in [2.05, 4.69) is 31.2 Å². The maximum Gasteiger partial charge on any atom is 0.0630 e. The second kappa shape index (κ2) is 5.19. The molecule has 2 rings (SSSR count). The van der Waals surface area contributed by atoms with Crippen molar-refractivity contribution in [3.63, 3.8) is 0 Å². The van der Waals surface area contributed by atoms with Crippen LogP contribution in [0.1, 0.15) is 38.4 Å². The fourth-order valence-electron chi connectivity index (χ4n) is 2.40. The molecule has 1 aromatic heterocycles. The smallest absolute Gasteiger partial charge is 0.0630 e. The Bertz CT molecular complexity index is 353. The van der Waals surface area contributed by atoms with Gasteiger partial charge in [-0.3, -0.25) is 4.68 Å². The zero-order chi connectivity index (χ0) is 12.3. The number of nitrogens with two attached hydrogens (primary N) is 1. The largest absolute Gasteiger partial charge is 0.381 e. The molecular weight excluding hydrogens is 214 g/mol. The minimum atomic E-state index is 0.203. The molecule has 0 aliphatic carbocycles. The lowest BCUT2D eigenvalue weighted by molar-refractivity contribution is 0.0186. The normalized spacial score (nSPS) is 19.8. The second-order valence-corrected chi connectivity index (χ2v) is 5.37. The van der Waals surface area contributed by atoms with Crippen molar-refractivity contribution < 1.29 is 4.74 Å². The molecule has 0 radical (unpaired) electrons. The zero-order valence-electron chi connectivity index (χ0n) is 10.9. The Morgan fingerprint density at radius 3 is 2.71 bits per heavy atom. The average Bonchev–Trinajstić information content (AvgIpc) is 2.79. The molecule has 2 N–H and O–H groups in total. The molecule has 96 valence electrons. The summed E-state index contributed by atoms with van der Waals surface area (Å²) in [5.41, 5.74) is 7.32. The van der Waals surface area contributed by atoms with E-state index in [-0.39, 0.29) is 5.41 Å². The number of hydrogen-bond acceptors (Lipinski definition) is 3. The first-order valence-corrected chi connectivity index (χ1v) is 6.47. The van der Waals surface area contributed by atoms with Crippen LogP contribution in [0.4, 0.5) is 0 Å². The highest BCUT2D eigenvalue weighted by molar-refractivity contribution is 5.05. The third-order valence-electron chi connectivity index (χ3n) is 3.74. The van der Waals surface area contributed by atoms with E-state index in [9.17, 15) is 0 Å². The molecule has 1 aliphatic heterocycles. The van der Waals surface area contributed by atoms with Gasteiger partial charge in [0.15, 0.2) is 0 Å². The van der Waals surface area contributed by atoms with Crippen LogP contribution in [0, 0.1) is 5.41 Å². The molecule has 0 bridgehead atoms. The predicted octanol–water partition coefficient (Wildman–Crippen LogP) is 1.76. The molecule has 4 nitrogen and oxygen atoms in total.